The summed E-state index contributed by atoms with van der Waals surface area (Å²) < 4.78 is 41.2. The van der Waals surface area contributed by atoms with Gasteiger partial charge in [-0.1, -0.05) is 37.6 Å². The number of anilines is 3. The number of fused-ring (bicyclic) bond motifs is 1. The van der Waals surface area contributed by atoms with E-state index in [4.69, 9.17) is 9.26 Å². The molecule has 1 aliphatic carbocycles. The minimum absolute atomic E-state index is 0.0922. The summed E-state index contributed by atoms with van der Waals surface area (Å²) in [4.78, 5) is 13.3. The number of ether oxygens (including phenoxy) is 1. The van der Waals surface area contributed by atoms with Gasteiger partial charge in [0, 0.05) is 60.9 Å². The quantitative estimate of drug-likeness (QED) is 0.511. The maximum absolute atomic E-state index is 15.2. The summed E-state index contributed by atoms with van der Waals surface area (Å²) in [5.41, 5.74) is 1.24. The number of nitrogens with one attached hydrogen (secondary N) is 1. The van der Waals surface area contributed by atoms with Gasteiger partial charge in [0.25, 0.3) is 0 Å². The van der Waals surface area contributed by atoms with Crippen molar-refractivity contribution in [3.8, 4) is 11.8 Å². The van der Waals surface area contributed by atoms with Gasteiger partial charge < -0.3 is 24.4 Å². The summed E-state index contributed by atoms with van der Waals surface area (Å²) in [6.07, 6.45) is 2.03. The molecule has 3 aromatic rings. The summed E-state index contributed by atoms with van der Waals surface area (Å²) in [5.74, 6) is 0.819. The summed E-state index contributed by atoms with van der Waals surface area (Å²) in [5, 5.41) is 7.23. The first-order valence-corrected chi connectivity index (χ1v) is 12.0. The number of allylic oxidation sites excluding steroid dienone is 1. The first kappa shape index (κ1) is 24.2. The first-order valence-electron chi connectivity index (χ1n) is 12.0. The third-order valence-electron chi connectivity index (χ3n) is 6.40. The van der Waals surface area contributed by atoms with Crippen LogP contribution in [0.15, 0.2) is 28.3 Å². The molecule has 0 bridgehead atoms. The Morgan fingerprint density at radius 1 is 1.03 bits per heavy atom. The lowest BCUT2D eigenvalue weighted by atomic mass is 9.93. The molecule has 1 aromatic carbocycles. The van der Waals surface area contributed by atoms with E-state index in [0.717, 1.165) is 37.8 Å². The van der Waals surface area contributed by atoms with Crippen molar-refractivity contribution in [2.75, 3.05) is 43.4 Å². The van der Waals surface area contributed by atoms with E-state index in [1.807, 2.05) is 33.8 Å². The summed E-state index contributed by atoms with van der Waals surface area (Å²) in [7, 11) is 2.07. The van der Waals surface area contributed by atoms with Gasteiger partial charge in [-0.05, 0) is 20.4 Å². The van der Waals surface area contributed by atoms with Crippen LogP contribution in [0.4, 0.5) is 26.2 Å². The molecule has 1 saturated heterocycles. The van der Waals surface area contributed by atoms with Gasteiger partial charge in [-0.2, -0.15) is 9.97 Å². The smallest absolute Gasteiger partial charge is 0.326 e. The van der Waals surface area contributed by atoms with Crippen LogP contribution < -0.4 is 15.0 Å². The van der Waals surface area contributed by atoms with E-state index in [9.17, 15) is 4.39 Å². The predicted octanol–water partition coefficient (Wildman–Crippen LogP) is 5.29. The number of benzene rings is 1. The molecule has 0 atom stereocenters. The zero-order valence-corrected chi connectivity index (χ0v) is 21.2. The Bertz CT molecular complexity index is 1320. The van der Waals surface area contributed by atoms with Crippen molar-refractivity contribution in [1.29, 1.82) is 0 Å². The van der Waals surface area contributed by atoms with Crippen molar-refractivity contribution in [2.45, 2.75) is 39.5 Å². The molecule has 0 amide bonds. The fourth-order valence-corrected chi connectivity index (χ4v) is 4.28. The molecular weight excluding hydrogens is 466 g/mol. The summed E-state index contributed by atoms with van der Waals surface area (Å²) in [6, 6.07) is 4.57. The van der Waals surface area contributed by atoms with Crippen molar-refractivity contribution in [3.05, 3.63) is 52.3 Å². The summed E-state index contributed by atoms with van der Waals surface area (Å²) in [6.45, 7) is 11.2. The molecule has 0 spiro atoms. The van der Waals surface area contributed by atoms with Gasteiger partial charge in [-0.3, -0.25) is 0 Å². The fourth-order valence-electron chi connectivity index (χ4n) is 4.28. The van der Waals surface area contributed by atoms with Crippen LogP contribution >= 0.6 is 0 Å². The van der Waals surface area contributed by atoms with Crippen LogP contribution in [0.25, 0.3) is 6.08 Å². The highest BCUT2D eigenvalue weighted by atomic mass is 19.1. The van der Waals surface area contributed by atoms with Crippen molar-refractivity contribution in [3.63, 3.8) is 0 Å². The second-order valence-electron chi connectivity index (χ2n) is 10.5. The number of nitrogens with zero attached hydrogens (tertiary/aromatic N) is 5. The molecule has 0 saturated carbocycles. The summed E-state index contributed by atoms with van der Waals surface area (Å²) >= 11 is 0. The Morgan fingerprint density at radius 3 is 2.47 bits per heavy atom. The number of piperazine rings is 1. The third-order valence-corrected chi connectivity index (χ3v) is 6.40. The van der Waals surface area contributed by atoms with Gasteiger partial charge in [0.1, 0.15) is 23.2 Å². The molecule has 190 valence electrons. The molecule has 36 heavy (non-hydrogen) atoms. The highest BCUT2D eigenvalue weighted by Gasteiger charge is 2.25. The Kier molecular flexibility index (Phi) is 6.15. The fraction of sp³-hybridized carbons (Fsp3) is 0.423. The Labute approximate surface area is 209 Å². The molecule has 5 rings (SSSR count). The van der Waals surface area contributed by atoms with Crippen LogP contribution in [-0.4, -0.2) is 53.3 Å². The van der Waals surface area contributed by atoms with Crippen molar-refractivity contribution in [1.82, 2.24) is 20.0 Å². The minimum Gasteiger partial charge on any atom is -0.421 e. The average Bonchev–Trinajstić information content (AvgIpc) is 3.45. The molecule has 0 radical (unpaired) electrons. The number of halogens is 2. The minimum atomic E-state index is -0.627. The zero-order chi connectivity index (χ0) is 25.6. The SMILES string of the molecule is CC1=Cc2c(F)c(Oc3nc(Nc4cc(C(C)(C)C)on4)cc(N4CCN(C)CC4)n3)cc(F)c2C1. The first-order chi connectivity index (χ1) is 17.1. The van der Waals surface area contributed by atoms with Crippen molar-refractivity contribution < 1.29 is 18.0 Å². The average molecular weight is 497 g/mol. The zero-order valence-electron chi connectivity index (χ0n) is 21.2. The van der Waals surface area contributed by atoms with Crippen LogP contribution in [0.1, 0.15) is 44.6 Å². The highest BCUT2D eigenvalue weighted by Crippen LogP contribution is 2.36. The number of rotatable bonds is 5. The molecule has 8 nitrogen and oxygen atoms in total. The Hall–Kier alpha value is -3.53. The molecule has 3 heterocycles. The van der Waals surface area contributed by atoms with E-state index in [1.165, 1.54) is 0 Å². The molecule has 0 unspecified atom stereocenters. The lowest BCUT2D eigenvalue weighted by molar-refractivity contribution is 0.311. The largest absolute Gasteiger partial charge is 0.421 e. The van der Waals surface area contributed by atoms with E-state index < -0.39 is 11.6 Å². The molecule has 2 aromatic heterocycles. The third kappa shape index (κ3) is 4.90. The van der Waals surface area contributed by atoms with Gasteiger partial charge >= 0.3 is 6.01 Å². The second kappa shape index (κ2) is 9.16. The monoisotopic (exact) mass is 496 g/mol. The van der Waals surface area contributed by atoms with Crippen LogP contribution in [0.2, 0.25) is 0 Å². The van der Waals surface area contributed by atoms with Crippen LogP contribution in [0.3, 0.4) is 0 Å². The molecule has 1 N–H and O–H groups in total. The predicted molar refractivity (Wildman–Crippen MR) is 134 cm³/mol. The van der Waals surface area contributed by atoms with Gasteiger partial charge in [0.2, 0.25) is 0 Å². The standard InChI is InChI=1S/C26H30F2N6O2/c1-15-10-16-17(11-15)24(28)19(12-18(16)27)35-25-30-21(29-22-13-20(36-32-22)26(2,3)4)14-23(31-25)34-8-6-33(5)7-9-34/h11-14H,6-10H2,1-5H3,(H,29,30,31,32). The van der Waals surface area contributed by atoms with E-state index in [0.29, 0.717) is 35.2 Å². The molecular formula is C26H30F2N6O2. The molecule has 2 aliphatic rings. The van der Waals surface area contributed by atoms with Crippen molar-refractivity contribution in [2.24, 2.45) is 0 Å². The van der Waals surface area contributed by atoms with Gasteiger partial charge in [0.05, 0.1) is 0 Å². The normalized spacial score (nSPS) is 16.2. The van der Waals surface area contributed by atoms with Crippen LogP contribution in [-0.2, 0) is 11.8 Å². The molecule has 1 aliphatic heterocycles. The number of hydrogen-bond donors (Lipinski definition) is 1. The molecule has 10 heteroatoms. The van der Waals surface area contributed by atoms with E-state index >= 15 is 4.39 Å². The van der Waals surface area contributed by atoms with Crippen molar-refractivity contribution >= 4 is 23.5 Å². The number of likely N-dealkylation sites (N-methyl/N-ethyl adjacent to an activating group) is 1. The number of aromatic nitrogens is 3. The topological polar surface area (TPSA) is 79.5 Å². The maximum atomic E-state index is 15.2. The maximum Gasteiger partial charge on any atom is 0.326 e. The van der Waals surface area contributed by atoms with E-state index in [-0.39, 0.29) is 22.7 Å². The second-order valence-corrected chi connectivity index (χ2v) is 10.5. The van der Waals surface area contributed by atoms with Crippen LogP contribution in [0.5, 0.6) is 11.8 Å². The van der Waals surface area contributed by atoms with Gasteiger partial charge in [-0.25, -0.2) is 8.78 Å². The lowest BCUT2D eigenvalue weighted by Crippen LogP contribution is -2.44. The number of hydrogen-bond acceptors (Lipinski definition) is 8. The lowest BCUT2D eigenvalue weighted by Gasteiger charge is -2.33. The van der Waals surface area contributed by atoms with E-state index in [2.05, 4.69) is 37.3 Å². The molecule has 1 fully saturated rings. The van der Waals surface area contributed by atoms with Gasteiger partial charge in [-0.15, -0.1) is 0 Å². The van der Waals surface area contributed by atoms with E-state index in [1.54, 1.807) is 12.1 Å². The van der Waals surface area contributed by atoms with Crippen LogP contribution in [0, 0.1) is 11.6 Å². The van der Waals surface area contributed by atoms with Gasteiger partial charge in [0.15, 0.2) is 17.4 Å². The highest BCUT2D eigenvalue weighted by molar-refractivity contribution is 5.66. The Balaban J connectivity index is 1.49. The Morgan fingerprint density at radius 2 is 1.78 bits per heavy atom.